The van der Waals surface area contributed by atoms with Gasteiger partial charge in [0.25, 0.3) is 5.91 Å². The summed E-state index contributed by atoms with van der Waals surface area (Å²) in [6.07, 6.45) is 1.17. The maximum atomic E-state index is 12.7. The average molecular weight is 415 g/mol. The van der Waals surface area contributed by atoms with Crippen molar-refractivity contribution in [3.63, 3.8) is 0 Å². The number of amides is 1. The quantitative estimate of drug-likeness (QED) is 0.523. The van der Waals surface area contributed by atoms with Crippen LogP contribution < -0.4 is 10.0 Å². The van der Waals surface area contributed by atoms with Crippen LogP contribution in [0.25, 0.3) is 11.1 Å². The van der Waals surface area contributed by atoms with Crippen LogP contribution in [-0.2, 0) is 26.0 Å². The van der Waals surface area contributed by atoms with E-state index in [1.807, 2.05) is 0 Å². The predicted octanol–water partition coefficient (Wildman–Crippen LogP) is 2.22. The maximum Gasteiger partial charge on any atom is 0.340 e. The number of aryl methyl sites for hydroxylation is 1. The SMILES string of the molecule is CCOC(=O)c1c(C)[nH]c2c1CC/C2=C1/C(=O)Nc2ccc(S(=O)(=O)NC)cc21. The van der Waals surface area contributed by atoms with E-state index in [4.69, 9.17) is 4.74 Å². The molecule has 0 fully saturated rings. The van der Waals surface area contributed by atoms with Gasteiger partial charge >= 0.3 is 5.97 Å². The van der Waals surface area contributed by atoms with Gasteiger partial charge in [0.2, 0.25) is 10.0 Å². The summed E-state index contributed by atoms with van der Waals surface area (Å²) >= 11 is 0. The smallest absolute Gasteiger partial charge is 0.340 e. The van der Waals surface area contributed by atoms with E-state index < -0.39 is 10.0 Å². The molecular formula is C20H21N3O5S. The minimum absolute atomic E-state index is 0.0847. The Morgan fingerprint density at radius 3 is 2.72 bits per heavy atom. The van der Waals surface area contributed by atoms with Gasteiger partial charge in [0.05, 0.1) is 22.6 Å². The molecular weight excluding hydrogens is 394 g/mol. The van der Waals surface area contributed by atoms with E-state index in [9.17, 15) is 18.0 Å². The number of nitrogens with one attached hydrogen (secondary N) is 3. The molecule has 0 bridgehead atoms. The number of esters is 1. The summed E-state index contributed by atoms with van der Waals surface area (Å²) in [4.78, 5) is 28.4. The number of aromatic nitrogens is 1. The number of sulfonamides is 1. The van der Waals surface area contributed by atoms with Crippen molar-refractivity contribution in [3.05, 3.63) is 46.3 Å². The molecule has 2 aromatic rings. The lowest BCUT2D eigenvalue weighted by molar-refractivity contribution is -0.110. The van der Waals surface area contributed by atoms with Gasteiger partial charge in [-0.1, -0.05) is 0 Å². The minimum Gasteiger partial charge on any atom is -0.462 e. The van der Waals surface area contributed by atoms with E-state index in [-0.39, 0.29) is 23.4 Å². The van der Waals surface area contributed by atoms with Gasteiger partial charge in [-0.15, -0.1) is 0 Å². The Balaban J connectivity index is 1.88. The Labute approximate surface area is 168 Å². The largest absolute Gasteiger partial charge is 0.462 e. The summed E-state index contributed by atoms with van der Waals surface area (Å²) in [6, 6.07) is 4.54. The number of carbonyl (C=O) groups is 2. The Bertz CT molecular complexity index is 1190. The molecule has 2 heterocycles. The number of anilines is 1. The van der Waals surface area contributed by atoms with Gasteiger partial charge in [0.15, 0.2) is 0 Å². The predicted molar refractivity (Wildman–Crippen MR) is 108 cm³/mol. The Kier molecular flexibility index (Phi) is 4.59. The van der Waals surface area contributed by atoms with Gasteiger partial charge in [-0.3, -0.25) is 4.79 Å². The molecule has 1 aliphatic heterocycles. The Morgan fingerprint density at radius 2 is 2.03 bits per heavy atom. The number of H-pyrrole nitrogens is 1. The van der Waals surface area contributed by atoms with Crippen LogP contribution in [0.4, 0.5) is 5.69 Å². The van der Waals surface area contributed by atoms with Crippen molar-refractivity contribution in [1.29, 1.82) is 0 Å². The molecule has 152 valence electrons. The number of hydrogen-bond donors (Lipinski definition) is 3. The van der Waals surface area contributed by atoms with Gasteiger partial charge in [0.1, 0.15) is 0 Å². The van der Waals surface area contributed by atoms with Crippen molar-refractivity contribution in [1.82, 2.24) is 9.71 Å². The third kappa shape index (κ3) is 2.97. The molecule has 0 spiro atoms. The van der Waals surface area contributed by atoms with Crippen LogP contribution in [0.15, 0.2) is 23.1 Å². The highest BCUT2D eigenvalue weighted by atomic mass is 32.2. The third-order valence-electron chi connectivity index (χ3n) is 5.31. The normalized spacial score (nSPS) is 17.8. The lowest BCUT2D eigenvalue weighted by Crippen LogP contribution is -2.18. The van der Waals surface area contributed by atoms with Crippen LogP contribution in [-0.4, -0.2) is 38.9 Å². The first-order valence-corrected chi connectivity index (χ1v) is 10.8. The van der Waals surface area contributed by atoms with Crippen molar-refractivity contribution in [2.75, 3.05) is 19.0 Å². The fourth-order valence-electron chi connectivity index (χ4n) is 4.02. The second kappa shape index (κ2) is 6.85. The van der Waals surface area contributed by atoms with Crippen LogP contribution in [0.2, 0.25) is 0 Å². The standard InChI is InChI=1S/C20H21N3O5S/c1-4-28-20(25)16-10(2)22-18-12(16)6-7-13(18)17-14-9-11(29(26,27)21-3)5-8-15(14)23-19(17)24/h5,8-9,21-22H,4,6-7H2,1-3H3,(H,23,24)/b17-13-. The summed E-state index contributed by atoms with van der Waals surface area (Å²) in [5.41, 5.74) is 5.10. The number of allylic oxidation sites excluding steroid dienone is 1. The molecule has 0 saturated heterocycles. The second-order valence-electron chi connectivity index (χ2n) is 6.92. The maximum absolute atomic E-state index is 12.7. The summed E-state index contributed by atoms with van der Waals surface area (Å²) in [5.74, 6) is -0.667. The fourth-order valence-corrected chi connectivity index (χ4v) is 4.78. The molecule has 0 radical (unpaired) electrons. The van der Waals surface area contributed by atoms with Gasteiger partial charge in [0, 0.05) is 22.6 Å². The number of hydrogen-bond acceptors (Lipinski definition) is 5. The van der Waals surface area contributed by atoms with Gasteiger partial charge in [-0.25, -0.2) is 17.9 Å². The lowest BCUT2D eigenvalue weighted by Gasteiger charge is -2.07. The van der Waals surface area contributed by atoms with Crippen molar-refractivity contribution >= 4 is 38.7 Å². The monoisotopic (exact) mass is 415 g/mol. The summed E-state index contributed by atoms with van der Waals surface area (Å²) in [5, 5.41) is 2.80. The highest BCUT2D eigenvalue weighted by Gasteiger charge is 2.35. The van der Waals surface area contributed by atoms with Crippen LogP contribution in [0.3, 0.4) is 0 Å². The highest BCUT2D eigenvalue weighted by Crippen LogP contribution is 2.44. The number of aromatic amines is 1. The number of carbonyl (C=O) groups excluding carboxylic acids is 2. The molecule has 2 aliphatic rings. The van der Waals surface area contributed by atoms with Crippen LogP contribution in [0, 0.1) is 6.92 Å². The van der Waals surface area contributed by atoms with Crippen LogP contribution in [0.5, 0.6) is 0 Å². The molecule has 9 heteroatoms. The van der Waals surface area contributed by atoms with Gasteiger partial charge in [-0.05, 0) is 63.1 Å². The Morgan fingerprint density at radius 1 is 1.28 bits per heavy atom. The molecule has 3 N–H and O–H groups in total. The Hall–Kier alpha value is -2.91. The molecule has 4 rings (SSSR count). The summed E-state index contributed by atoms with van der Waals surface area (Å²) < 4.78 is 31.9. The summed E-state index contributed by atoms with van der Waals surface area (Å²) in [6.45, 7) is 3.84. The second-order valence-corrected chi connectivity index (χ2v) is 8.81. The van der Waals surface area contributed by atoms with Gasteiger partial charge in [-0.2, -0.15) is 0 Å². The van der Waals surface area contributed by atoms with Gasteiger partial charge < -0.3 is 15.0 Å². The molecule has 1 aromatic carbocycles. The first kappa shape index (κ1) is 19.4. The first-order valence-electron chi connectivity index (χ1n) is 9.29. The zero-order valence-corrected chi connectivity index (χ0v) is 17.1. The molecule has 29 heavy (non-hydrogen) atoms. The van der Waals surface area contributed by atoms with E-state index in [0.29, 0.717) is 40.9 Å². The number of benzene rings is 1. The van der Waals surface area contributed by atoms with E-state index >= 15 is 0 Å². The molecule has 8 nitrogen and oxygen atoms in total. The van der Waals surface area contributed by atoms with Crippen LogP contribution in [0.1, 0.15) is 46.2 Å². The van der Waals surface area contributed by atoms with E-state index in [1.54, 1.807) is 19.9 Å². The highest BCUT2D eigenvalue weighted by molar-refractivity contribution is 7.89. The zero-order chi connectivity index (χ0) is 20.9. The van der Waals surface area contributed by atoms with Crippen molar-refractivity contribution in [3.8, 4) is 0 Å². The lowest BCUT2D eigenvalue weighted by atomic mass is 9.99. The van der Waals surface area contributed by atoms with Crippen molar-refractivity contribution < 1.29 is 22.7 Å². The van der Waals surface area contributed by atoms with Crippen molar-refractivity contribution in [2.45, 2.75) is 31.6 Å². The van der Waals surface area contributed by atoms with E-state index in [2.05, 4.69) is 15.0 Å². The summed E-state index contributed by atoms with van der Waals surface area (Å²) in [7, 11) is -2.31. The molecule has 0 unspecified atom stereocenters. The molecule has 1 aromatic heterocycles. The molecule has 0 atom stereocenters. The fraction of sp³-hybridized carbons (Fsp3) is 0.300. The van der Waals surface area contributed by atoms with Crippen molar-refractivity contribution in [2.24, 2.45) is 0 Å². The minimum atomic E-state index is -3.65. The zero-order valence-electron chi connectivity index (χ0n) is 16.3. The molecule has 0 saturated carbocycles. The topological polar surface area (TPSA) is 117 Å². The number of fused-ring (bicyclic) bond motifs is 2. The van der Waals surface area contributed by atoms with E-state index in [1.165, 1.54) is 19.2 Å². The number of ether oxygens (including phenoxy) is 1. The van der Waals surface area contributed by atoms with E-state index in [0.717, 1.165) is 16.8 Å². The third-order valence-corrected chi connectivity index (χ3v) is 6.73. The molecule has 1 aliphatic carbocycles. The van der Waals surface area contributed by atoms with Crippen LogP contribution >= 0.6 is 0 Å². The first-order chi connectivity index (χ1) is 13.8. The number of rotatable bonds is 4. The molecule has 1 amide bonds. The average Bonchev–Trinajstić information content (AvgIpc) is 3.31.